The van der Waals surface area contributed by atoms with Crippen LogP contribution >= 0.6 is 24.0 Å². The Kier molecular flexibility index (Phi) is 6.26. The van der Waals surface area contributed by atoms with Crippen molar-refractivity contribution in [2.75, 3.05) is 13.1 Å². The number of amides is 1. The maximum absolute atomic E-state index is 13.0. The number of carbonyl (C=O) groups is 2. The second-order valence-electron chi connectivity index (χ2n) is 6.11. The molecule has 140 valence electrons. The van der Waals surface area contributed by atoms with Crippen molar-refractivity contribution >= 4 is 35.9 Å². The van der Waals surface area contributed by atoms with Crippen molar-refractivity contribution in [3.8, 4) is 0 Å². The standard InChI is InChI=1S/C17H17ClFN3O3.ClH/c1-10-14(16(23)21-7-6-12(9-21)17(24)25)15(18)22(20-10)8-11-2-4-13(19)5-3-11;/h2-5,12H,6-9H2,1H3,(H,24,25);1H. The van der Waals surface area contributed by atoms with Crippen LogP contribution in [0.4, 0.5) is 4.39 Å². The third-order valence-corrected chi connectivity index (χ3v) is 4.73. The van der Waals surface area contributed by atoms with Gasteiger partial charge in [-0.1, -0.05) is 23.7 Å². The van der Waals surface area contributed by atoms with Crippen molar-refractivity contribution in [2.24, 2.45) is 5.92 Å². The van der Waals surface area contributed by atoms with Crippen molar-refractivity contribution < 1.29 is 19.1 Å². The summed E-state index contributed by atoms with van der Waals surface area (Å²) >= 11 is 6.35. The molecule has 0 bridgehead atoms. The molecule has 1 amide bonds. The summed E-state index contributed by atoms with van der Waals surface area (Å²) in [5.74, 6) is -2.08. The summed E-state index contributed by atoms with van der Waals surface area (Å²) in [5.41, 5.74) is 1.57. The zero-order valence-corrected chi connectivity index (χ0v) is 15.6. The number of rotatable bonds is 4. The molecule has 1 unspecified atom stereocenters. The van der Waals surface area contributed by atoms with Gasteiger partial charge in [0.25, 0.3) is 5.91 Å². The van der Waals surface area contributed by atoms with E-state index in [-0.39, 0.29) is 41.4 Å². The number of benzene rings is 1. The van der Waals surface area contributed by atoms with E-state index in [1.54, 1.807) is 19.1 Å². The van der Waals surface area contributed by atoms with Crippen LogP contribution in [0.5, 0.6) is 0 Å². The first kappa shape index (κ1) is 20.2. The molecular weight excluding hydrogens is 384 g/mol. The smallest absolute Gasteiger partial charge is 0.308 e. The van der Waals surface area contributed by atoms with Gasteiger partial charge in [0, 0.05) is 13.1 Å². The Labute approximate surface area is 161 Å². The summed E-state index contributed by atoms with van der Waals surface area (Å²) in [6, 6.07) is 5.95. The highest BCUT2D eigenvalue weighted by Gasteiger charge is 2.33. The molecule has 1 aromatic carbocycles. The van der Waals surface area contributed by atoms with Crippen LogP contribution in [0.15, 0.2) is 24.3 Å². The molecule has 1 atom stereocenters. The number of aromatic nitrogens is 2. The van der Waals surface area contributed by atoms with E-state index in [4.69, 9.17) is 16.7 Å². The molecule has 1 saturated heterocycles. The molecule has 2 aromatic rings. The topological polar surface area (TPSA) is 75.4 Å². The maximum atomic E-state index is 13.0. The number of hydrogen-bond acceptors (Lipinski definition) is 3. The largest absolute Gasteiger partial charge is 0.481 e. The van der Waals surface area contributed by atoms with Crippen LogP contribution in [0.1, 0.15) is 28.0 Å². The number of aliphatic carboxylic acids is 1. The molecule has 0 radical (unpaired) electrons. The van der Waals surface area contributed by atoms with Crippen molar-refractivity contribution in [2.45, 2.75) is 19.9 Å². The van der Waals surface area contributed by atoms with Crippen LogP contribution in [0.25, 0.3) is 0 Å². The van der Waals surface area contributed by atoms with Gasteiger partial charge in [0.1, 0.15) is 11.0 Å². The Morgan fingerprint density at radius 1 is 1.35 bits per heavy atom. The van der Waals surface area contributed by atoms with Crippen LogP contribution in [0.3, 0.4) is 0 Å². The zero-order valence-electron chi connectivity index (χ0n) is 14.0. The molecule has 1 aromatic heterocycles. The molecule has 9 heteroatoms. The Morgan fingerprint density at radius 3 is 2.58 bits per heavy atom. The molecule has 1 fully saturated rings. The average molecular weight is 402 g/mol. The van der Waals surface area contributed by atoms with Gasteiger partial charge in [-0.25, -0.2) is 9.07 Å². The Morgan fingerprint density at radius 2 is 2.00 bits per heavy atom. The summed E-state index contributed by atoms with van der Waals surface area (Å²) in [4.78, 5) is 25.3. The third-order valence-electron chi connectivity index (χ3n) is 4.35. The second kappa shape index (κ2) is 8.05. The van der Waals surface area contributed by atoms with Crippen LogP contribution in [0, 0.1) is 18.7 Å². The zero-order chi connectivity index (χ0) is 18.1. The lowest BCUT2D eigenvalue weighted by molar-refractivity contribution is -0.141. The minimum absolute atomic E-state index is 0. The van der Waals surface area contributed by atoms with Crippen molar-refractivity contribution in [3.63, 3.8) is 0 Å². The van der Waals surface area contributed by atoms with E-state index in [1.807, 2.05) is 0 Å². The van der Waals surface area contributed by atoms with E-state index in [2.05, 4.69) is 5.10 Å². The van der Waals surface area contributed by atoms with Crippen molar-refractivity contribution in [1.29, 1.82) is 0 Å². The van der Waals surface area contributed by atoms with Gasteiger partial charge >= 0.3 is 5.97 Å². The summed E-state index contributed by atoms with van der Waals surface area (Å²) in [5, 5.41) is 13.6. The lowest BCUT2D eigenvalue weighted by Crippen LogP contribution is -2.30. The van der Waals surface area contributed by atoms with Crippen molar-refractivity contribution in [3.05, 3.63) is 52.1 Å². The van der Waals surface area contributed by atoms with E-state index in [0.29, 0.717) is 25.2 Å². The first-order valence-electron chi connectivity index (χ1n) is 7.86. The molecule has 1 aliphatic heterocycles. The molecule has 2 heterocycles. The number of hydrogen-bond donors (Lipinski definition) is 1. The number of aryl methyl sites for hydroxylation is 1. The van der Waals surface area contributed by atoms with Crippen LogP contribution in [-0.4, -0.2) is 44.8 Å². The van der Waals surface area contributed by atoms with E-state index in [1.165, 1.54) is 21.7 Å². The molecule has 26 heavy (non-hydrogen) atoms. The first-order valence-corrected chi connectivity index (χ1v) is 8.24. The Hall–Kier alpha value is -2.12. The predicted octanol–water partition coefficient (Wildman–Crippen LogP) is 3.00. The fourth-order valence-corrected chi connectivity index (χ4v) is 3.28. The molecule has 6 nitrogen and oxygen atoms in total. The fourth-order valence-electron chi connectivity index (χ4n) is 2.97. The highest BCUT2D eigenvalue weighted by Crippen LogP contribution is 2.26. The summed E-state index contributed by atoms with van der Waals surface area (Å²) < 4.78 is 14.5. The SMILES string of the molecule is Cc1nn(Cc2ccc(F)cc2)c(Cl)c1C(=O)N1CCC(C(=O)O)C1.Cl. The van der Waals surface area contributed by atoms with Gasteiger partial charge in [-0.3, -0.25) is 9.59 Å². The predicted molar refractivity (Wildman–Crippen MR) is 96.4 cm³/mol. The lowest BCUT2D eigenvalue weighted by Gasteiger charge is -2.15. The van der Waals surface area contributed by atoms with Gasteiger partial charge < -0.3 is 10.0 Å². The monoisotopic (exact) mass is 401 g/mol. The average Bonchev–Trinajstić information content (AvgIpc) is 3.15. The van der Waals surface area contributed by atoms with Crippen LogP contribution in [0.2, 0.25) is 5.15 Å². The molecule has 0 saturated carbocycles. The molecule has 3 rings (SSSR count). The number of nitrogens with zero attached hydrogens (tertiary/aromatic N) is 3. The van der Waals surface area contributed by atoms with Crippen LogP contribution in [-0.2, 0) is 11.3 Å². The van der Waals surface area contributed by atoms with E-state index >= 15 is 0 Å². The first-order chi connectivity index (χ1) is 11.9. The van der Waals surface area contributed by atoms with Gasteiger partial charge in [0.2, 0.25) is 0 Å². The maximum Gasteiger partial charge on any atom is 0.308 e. The quantitative estimate of drug-likeness (QED) is 0.853. The molecule has 1 aliphatic rings. The second-order valence-corrected chi connectivity index (χ2v) is 6.47. The highest BCUT2D eigenvalue weighted by atomic mass is 35.5. The number of carboxylic acids is 1. The minimum Gasteiger partial charge on any atom is -0.481 e. The molecule has 1 N–H and O–H groups in total. The summed E-state index contributed by atoms with van der Waals surface area (Å²) in [6.07, 6.45) is 0.432. The van der Waals surface area contributed by atoms with E-state index in [0.717, 1.165) is 5.56 Å². The lowest BCUT2D eigenvalue weighted by atomic mass is 10.1. The third kappa shape index (κ3) is 3.99. The molecule has 0 spiro atoms. The van der Waals surface area contributed by atoms with Crippen molar-refractivity contribution in [1.82, 2.24) is 14.7 Å². The number of halogens is 3. The van der Waals surface area contributed by atoms with Gasteiger partial charge in [0.05, 0.1) is 23.7 Å². The molecular formula is C17H18Cl2FN3O3. The van der Waals surface area contributed by atoms with E-state index in [9.17, 15) is 14.0 Å². The molecule has 0 aliphatic carbocycles. The number of carbonyl (C=O) groups excluding carboxylic acids is 1. The number of likely N-dealkylation sites (tertiary alicyclic amines) is 1. The van der Waals surface area contributed by atoms with Crippen LogP contribution < -0.4 is 0 Å². The van der Waals surface area contributed by atoms with Gasteiger partial charge in [-0.05, 0) is 31.0 Å². The highest BCUT2D eigenvalue weighted by molar-refractivity contribution is 6.33. The normalized spacial score (nSPS) is 16.4. The number of carboxylic acid groups (broad SMARTS) is 1. The Balaban J connectivity index is 0.00000243. The Bertz CT molecular complexity index is 823. The summed E-state index contributed by atoms with van der Waals surface area (Å²) in [6.45, 7) is 2.55. The van der Waals surface area contributed by atoms with Gasteiger partial charge in [-0.15, -0.1) is 12.4 Å². The van der Waals surface area contributed by atoms with Gasteiger partial charge in [-0.2, -0.15) is 5.10 Å². The summed E-state index contributed by atoms with van der Waals surface area (Å²) in [7, 11) is 0. The minimum atomic E-state index is -0.898. The fraction of sp³-hybridized carbons (Fsp3) is 0.353. The van der Waals surface area contributed by atoms with E-state index < -0.39 is 11.9 Å². The van der Waals surface area contributed by atoms with Gasteiger partial charge in [0.15, 0.2) is 0 Å².